The smallest absolute Gasteiger partial charge is 0.324 e. The van der Waals surface area contributed by atoms with Crippen molar-refractivity contribution in [1.82, 2.24) is 4.98 Å². The van der Waals surface area contributed by atoms with Gasteiger partial charge in [-0.3, -0.25) is 14.1 Å². The summed E-state index contributed by atoms with van der Waals surface area (Å²) in [4.78, 5) is 15.8. The molecule has 0 radical (unpaired) electrons. The lowest BCUT2D eigenvalue weighted by Crippen LogP contribution is -2.35. The summed E-state index contributed by atoms with van der Waals surface area (Å²) in [6.45, 7) is -0.771. The number of allylic oxidation sites excluding steroid dienone is 1. The molecule has 2 aromatic carbocycles. The second kappa shape index (κ2) is 10.1. The topological polar surface area (TPSA) is 111 Å². The van der Waals surface area contributed by atoms with Crippen LogP contribution in [0.5, 0.6) is 0 Å². The van der Waals surface area contributed by atoms with Gasteiger partial charge >= 0.3 is 5.97 Å². The van der Waals surface area contributed by atoms with Crippen LogP contribution in [0.4, 0.5) is 5.69 Å². The summed E-state index contributed by atoms with van der Waals surface area (Å²) in [5, 5.41) is 18.7. The Kier molecular flexibility index (Phi) is 7.13. The van der Waals surface area contributed by atoms with Crippen molar-refractivity contribution >= 4 is 51.0 Å². The molecular weight excluding hydrogens is 509 g/mol. The summed E-state index contributed by atoms with van der Waals surface area (Å²) in [6, 6.07) is 14.5. The second-order valence-corrected chi connectivity index (χ2v) is 10.7. The van der Waals surface area contributed by atoms with Gasteiger partial charge in [-0.2, -0.15) is 5.26 Å². The van der Waals surface area contributed by atoms with E-state index in [1.54, 1.807) is 24.3 Å². The lowest BCUT2D eigenvalue weighted by atomic mass is 9.97. The van der Waals surface area contributed by atoms with Crippen LogP contribution in [0.3, 0.4) is 0 Å². The molecule has 1 heterocycles. The average molecular weight is 528 g/mol. The number of pyridine rings is 1. The highest BCUT2D eigenvalue weighted by atomic mass is 35.5. The number of sulfonamides is 1. The van der Waals surface area contributed by atoms with Crippen LogP contribution in [0.25, 0.3) is 6.08 Å². The van der Waals surface area contributed by atoms with Crippen molar-refractivity contribution < 1.29 is 18.3 Å². The minimum atomic E-state index is -4.27. The number of aliphatic carboxylic acids is 1. The van der Waals surface area contributed by atoms with Crippen molar-refractivity contribution in [3.05, 3.63) is 93.2 Å². The number of hydrogen-bond donors (Lipinski definition) is 1. The van der Waals surface area contributed by atoms with E-state index < -0.39 is 22.5 Å². The normalized spacial score (nSPS) is 15.1. The third-order valence-corrected chi connectivity index (χ3v) is 7.84. The number of carboxylic acid groups (broad SMARTS) is 1. The number of halogens is 2. The van der Waals surface area contributed by atoms with E-state index in [2.05, 4.69) is 11.1 Å². The molecular formula is C25H19Cl2N3O4S. The molecule has 1 aromatic heterocycles. The van der Waals surface area contributed by atoms with Crippen molar-refractivity contribution in [3.8, 4) is 6.07 Å². The fourth-order valence-corrected chi connectivity index (χ4v) is 6.06. The highest BCUT2D eigenvalue weighted by molar-refractivity contribution is 7.92. The Labute approximate surface area is 212 Å². The SMILES string of the molecule is N#Cc1ccc(C2C=Cc3cc(N(CC(=O)O)S(=O)(=O)c4cc(Cl)cc(Cl)c4)ccc3CC2)nc1. The highest BCUT2D eigenvalue weighted by Crippen LogP contribution is 2.33. The van der Waals surface area contributed by atoms with Crippen molar-refractivity contribution in [3.63, 3.8) is 0 Å². The molecule has 10 heteroatoms. The maximum Gasteiger partial charge on any atom is 0.324 e. The molecule has 0 aliphatic heterocycles. The number of hydrogen-bond acceptors (Lipinski definition) is 5. The van der Waals surface area contributed by atoms with Gasteiger partial charge in [0.25, 0.3) is 10.0 Å². The largest absolute Gasteiger partial charge is 0.480 e. The molecule has 1 N–H and O–H groups in total. The van der Waals surface area contributed by atoms with E-state index in [1.807, 2.05) is 18.2 Å². The number of nitrogens with zero attached hydrogens (tertiary/aromatic N) is 3. The zero-order valence-corrected chi connectivity index (χ0v) is 20.6. The number of aryl methyl sites for hydroxylation is 1. The van der Waals surface area contributed by atoms with Crippen LogP contribution in [-0.4, -0.2) is 31.0 Å². The predicted molar refractivity (Wildman–Crippen MR) is 134 cm³/mol. The number of carbonyl (C=O) groups is 1. The number of aromatic nitrogens is 1. The van der Waals surface area contributed by atoms with Crippen LogP contribution < -0.4 is 4.31 Å². The Morgan fingerprint density at radius 1 is 1.14 bits per heavy atom. The molecule has 0 saturated carbocycles. The lowest BCUT2D eigenvalue weighted by Gasteiger charge is -2.24. The van der Waals surface area contributed by atoms with E-state index in [4.69, 9.17) is 28.5 Å². The molecule has 0 bridgehead atoms. The van der Waals surface area contributed by atoms with E-state index in [0.29, 0.717) is 12.0 Å². The molecule has 0 fully saturated rings. The standard InChI is InChI=1S/C25H19Cl2N3O4S/c26-20-10-21(27)12-23(11-20)35(33,34)30(15-25(31)32)22-7-6-17-2-3-18(4-5-19(17)9-22)24-8-1-16(13-28)14-29-24/h1,4-12,14,18H,2-3,15H2,(H,31,32). The van der Waals surface area contributed by atoms with Crippen molar-refractivity contribution in [1.29, 1.82) is 5.26 Å². The van der Waals surface area contributed by atoms with Gasteiger partial charge in [-0.25, -0.2) is 8.42 Å². The van der Waals surface area contributed by atoms with Crippen LogP contribution in [-0.2, 0) is 21.2 Å². The number of rotatable bonds is 6. The molecule has 7 nitrogen and oxygen atoms in total. The molecule has 1 aliphatic carbocycles. The van der Waals surface area contributed by atoms with Gasteiger partial charge in [0.2, 0.25) is 0 Å². The minimum Gasteiger partial charge on any atom is -0.480 e. The van der Waals surface area contributed by atoms with Crippen LogP contribution in [0.2, 0.25) is 10.0 Å². The van der Waals surface area contributed by atoms with Gasteiger partial charge in [-0.15, -0.1) is 0 Å². The first-order valence-corrected chi connectivity index (χ1v) is 12.7. The maximum absolute atomic E-state index is 13.4. The van der Waals surface area contributed by atoms with Crippen molar-refractivity contribution in [2.24, 2.45) is 0 Å². The summed E-state index contributed by atoms with van der Waals surface area (Å²) in [5.41, 5.74) is 3.32. The van der Waals surface area contributed by atoms with E-state index in [9.17, 15) is 18.3 Å². The fourth-order valence-electron chi connectivity index (χ4n) is 3.93. The van der Waals surface area contributed by atoms with E-state index in [1.165, 1.54) is 24.4 Å². The average Bonchev–Trinajstić information content (AvgIpc) is 3.04. The van der Waals surface area contributed by atoms with Crippen molar-refractivity contribution in [2.75, 3.05) is 10.8 Å². The van der Waals surface area contributed by atoms with Gasteiger partial charge in [0, 0.05) is 27.9 Å². The molecule has 4 rings (SSSR count). The number of benzene rings is 2. The monoisotopic (exact) mass is 527 g/mol. The maximum atomic E-state index is 13.4. The van der Waals surface area contributed by atoms with Gasteiger partial charge in [0.15, 0.2) is 0 Å². The number of carboxylic acids is 1. The Morgan fingerprint density at radius 2 is 1.89 bits per heavy atom. The summed E-state index contributed by atoms with van der Waals surface area (Å²) in [5.74, 6) is -1.29. The summed E-state index contributed by atoms with van der Waals surface area (Å²) in [6.07, 6.45) is 6.90. The van der Waals surface area contributed by atoms with Gasteiger partial charge in [0.1, 0.15) is 12.6 Å². The van der Waals surface area contributed by atoms with Gasteiger partial charge < -0.3 is 5.11 Å². The predicted octanol–water partition coefficient (Wildman–Crippen LogP) is 5.28. The Bertz CT molecular complexity index is 1440. The number of anilines is 1. The summed E-state index contributed by atoms with van der Waals surface area (Å²) < 4.78 is 27.6. The summed E-state index contributed by atoms with van der Waals surface area (Å²) in [7, 11) is -4.27. The molecule has 1 atom stereocenters. The first-order valence-electron chi connectivity index (χ1n) is 10.5. The third kappa shape index (κ3) is 5.49. The first kappa shape index (κ1) is 24.7. The fraction of sp³-hybridized carbons (Fsp3) is 0.160. The number of fused-ring (bicyclic) bond motifs is 1. The quantitative estimate of drug-likeness (QED) is 0.466. The Hall–Kier alpha value is -3.38. The van der Waals surface area contributed by atoms with Gasteiger partial charge in [-0.05, 0) is 66.4 Å². The molecule has 3 aromatic rings. The Balaban J connectivity index is 1.70. The molecule has 0 spiro atoms. The Morgan fingerprint density at radius 3 is 2.51 bits per heavy atom. The van der Waals surface area contributed by atoms with Crippen LogP contribution >= 0.6 is 23.2 Å². The van der Waals surface area contributed by atoms with Crippen LogP contribution in [0.15, 0.2) is 65.7 Å². The van der Waals surface area contributed by atoms with Crippen molar-refractivity contribution in [2.45, 2.75) is 23.7 Å². The highest BCUT2D eigenvalue weighted by Gasteiger charge is 2.28. The zero-order chi connectivity index (χ0) is 25.2. The summed E-state index contributed by atoms with van der Waals surface area (Å²) >= 11 is 12.0. The first-order chi connectivity index (χ1) is 16.7. The van der Waals surface area contributed by atoms with E-state index in [0.717, 1.165) is 27.5 Å². The van der Waals surface area contributed by atoms with Crippen LogP contribution in [0.1, 0.15) is 34.7 Å². The third-order valence-electron chi connectivity index (χ3n) is 5.65. The minimum absolute atomic E-state index is 0.0195. The van der Waals surface area contributed by atoms with E-state index in [-0.39, 0.29) is 26.5 Å². The number of nitriles is 1. The van der Waals surface area contributed by atoms with Gasteiger partial charge in [0.05, 0.1) is 16.1 Å². The second-order valence-electron chi connectivity index (χ2n) is 7.98. The molecule has 1 unspecified atom stereocenters. The molecule has 0 amide bonds. The van der Waals surface area contributed by atoms with E-state index >= 15 is 0 Å². The lowest BCUT2D eigenvalue weighted by molar-refractivity contribution is -0.135. The van der Waals surface area contributed by atoms with Crippen LogP contribution in [0, 0.1) is 11.3 Å². The molecule has 35 heavy (non-hydrogen) atoms. The zero-order valence-electron chi connectivity index (χ0n) is 18.2. The van der Waals surface area contributed by atoms with Gasteiger partial charge in [-0.1, -0.05) is 41.4 Å². The molecule has 178 valence electrons. The molecule has 0 saturated heterocycles. The molecule has 1 aliphatic rings.